The van der Waals surface area contributed by atoms with Gasteiger partial charge in [-0.3, -0.25) is 0 Å². The third kappa shape index (κ3) is 6.20. The van der Waals surface area contributed by atoms with E-state index in [1.54, 1.807) is 22.3 Å². The van der Waals surface area contributed by atoms with Crippen molar-refractivity contribution in [1.29, 1.82) is 0 Å². The van der Waals surface area contributed by atoms with Gasteiger partial charge in [-0.05, 0) is 73.6 Å². The molecule has 0 saturated heterocycles. The molecule has 0 amide bonds. The van der Waals surface area contributed by atoms with E-state index in [1.165, 1.54) is 51.4 Å². The SMILES string of the molecule is C=C.C=C.c1ccc2c(c1)CCCC2.c1ccc2c(c1)CCCC2. The van der Waals surface area contributed by atoms with Crippen LogP contribution < -0.4 is 0 Å². The van der Waals surface area contributed by atoms with Crippen molar-refractivity contribution >= 4 is 0 Å². The zero-order valence-corrected chi connectivity index (χ0v) is 15.1. The van der Waals surface area contributed by atoms with E-state index in [0.29, 0.717) is 0 Å². The van der Waals surface area contributed by atoms with E-state index in [2.05, 4.69) is 74.8 Å². The molecule has 0 unspecified atom stereocenters. The Balaban J connectivity index is 0.000000199. The Morgan fingerprint density at radius 3 is 0.833 bits per heavy atom. The lowest BCUT2D eigenvalue weighted by Gasteiger charge is -2.13. The lowest BCUT2D eigenvalue weighted by Crippen LogP contribution is -2.00. The van der Waals surface area contributed by atoms with E-state index in [4.69, 9.17) is 0 Å². The first kappa shape index (κ1) is 20.0. The molecule has 2 aliphatic carbocycles. The molecule has 2 aromatic carbocycles. The van der Waals surface area contributed by atoms with E-state index in [1.807, 2.05) is 0 Å². The van der Waals surface area contributed by atoms with Crippen molar-refractivity contribution < 1.29 is 0 Å². The highest BCUT2D eigenvalue weighted by molar-refractivity contribution is 5.29. The number of benzene rings is 2. The smallest absolute Gasteiger partial charge is 0.0276 e. The molecule has 0 aromatic heterocycles. The van der Waals surface area contributed by atoms with E-state index >= 15 is 0 Å². The van der Waals surface area contributed by atoms with Crippen molar-refractivity contribution in [3.8, 4) is 0 Å². The quantitative estimate of drug-likeness (QED) is 0.472. The Bertz CT molecular complexity index is 479. The summed E-state index contributed by atoms with van der Waals surface area (Å²) in [6.07, 6.45) is 10.8. The minimum absolute atomic E-state index is 1.30. The molecule has 2 aliphatic rings. The molecule has 4 rings (SSSR count). The van der Waals surface area contributed by atoms with Crippen LogP contribution in [-0.4, -0.2) is 0 Å². The molecule has 0 radical (unpaired) electrons. The van der Waals surface area contributed by atoms with E-state index in [0.717, 1.165) is 0 Å². The van der Waals surface area contributed by atoms with Gasteiger partial charge in [-0.2, -0.15) is 0 Å². The molecule has 0 heterocycles. The molecule has 2 aromatic rings. The highest BCUT2D eigenvalue weighted by Crippen LogP contribution is 2.20. The summed E-state index contributed by atoms with van der Waals surface area (Å²) in [5, 5.41) is 0. The summed E-state index contributed by atoms with van der Waals surface area (Å²) in [7, 11) is 0. The second-order valence-electron chi connectivity index (χ2n) is 5.95. The zero-order chi connectivity index (χ0) is 17.6. The molecular formula is C24H32. The Kier molecular flexibility index (Phi) is 10.3. The first-order chi connectivity index (χ1) is 11.9. The highest BCUT2D eigenvalue weighted by atomic mass is 14.1. The molecule has 0 aliphatic heterocycles. The van der Waals surface area contributed by atoms with Gasteiger partial charge in [-0.25, -0.2) is 0 Å². The summed E-state index contributed by atoms with van der Waals surface area (Å²) < 4.78 is 0. The summed E-state index contributed by atoms with van der Waals surface area (Å²) in [6, 6.07) is 17.6. The van der Waals surface area contributed by atoms with Crippen LogP contribution in [-0.2, 0) is 25.7 Å². The van der Waals surface area contributed by atoms with Gasteiger partial charge in [-0.15, -0.1) is 26.3 Å². The van der Waals surface area contributed by atoms with Gasteiger partial charge in [0.1, 0.15) is 0 Å². The molecular weight excluding hydrogens is 288 g/mol. The standard InChI is InChI=1S/2C10H12.2C2H4/c2*1-2-6-10-8-4-3-7-9(10)5-1;2*1-2/h2*1-2,5-6H,3-4,7-8H2;2*1-2H2. The number of hydrogen-bond donors (Lipinski definition) is 0. The monoisotopic (exact) mass is 320 g/mol. The van der Waals surface area contributed by atoms with Gasteiger partial charge in [0.05, 0.1) is 0 Å². The average molecular weight is 321 g/mol. The van der Waals surface area contributed by atoms with Crippen LogP contribution in [0.2, 0.25) is 0 Å². The van der Waals surface area contributed by atoms with Crippen molar-refractivity contribution in [2.75, 3.05) is 0 Å². The predicted octanol–water partition coefficient (Wildman–Crippen LogP) is 6.74. The van der Waals surface area contributed by atoms with Crippen molar-refractivity contribution in [3.05, 3.63) is 97.1 Å². The summed E-state index contributed by atoms with van der Waals surface area (Å²) in [4.78, 5) is 0. The van der Waals surface area contributed by atoms with Crippen LogP contribution in [0, 0.1) is 0 Å². The minimum Gasteiger partial charge on any atom is -0.106 e. The molecule has 128 valence electrons. The maximum atomic E-state index is 3.00. The van der Waals surface area contributed by atoms with Crippen molar-refractivity contribution in [1.82, 2.24) is 0 Å². The van der Waals surface area contributed by atoms with E-state index in [-0.39, 0.29) is 0 Å². The van der Waals surface area contributed by atoms with Crippen molar-refractivity contribution in [3.63, 3.8) is 0 Å². The van der Waals surface area contributed by atoms with Crippen molar-refractivity contribution in [2.24, 2.45) is 0 Å². The Hall–Kier alpha value is -2.08. The largest absolute Gasteiger partial charge is 0.106 e. The summed E-state index contributed by atoms with van der Waals surface area (Å²) >= 11 is 0. The average Bonchev–Trinajstić information content (AvgIpc) is 2.72. The maximum Gasteiger partial charge on any atom is -0.0276 e. The molecule has 0 bridgehead atoms. The fraction of sp³-hybridized carbons (Fsp3) is 0.333. The second-order valence-corrected chi connectivity index (χ2v) is 5.95. The Labute approximate surface area is 148 Å². The van der Waals surface area contributed by atoms with Gasteiger partial charge in [0.2, 0.25) is 0 Å². The normalized spacial score (nSPS) is 14.0. The van der Waals surface area contributed by atoms with E-state index < -0.39 is 0 Å². The fourth-order valence-electron chi connectivity index (χ4n) is 3.35. The maximum absolute atomic E-state index is 3.00. The van der Waals surface area contributed by atoms with Crippen LogP contribution in [0.4, 0.5) is 0 Å². The van der Waals surface area contributed by atoms with E-state index in [9.17, 15) is 0 Å². The molecule has 0 fully saturated rings. The third-order valence-electron chi connectivity index (χ3n) is 4.52. The molecule has 0 spiro atoms. The molecule has 0 N–H and O–H groups in total. The topological polar surface area (TPSA) is 0 Å². The lowest BCUT2D eigenvalue weighted by atomic mass is 9.92. The minimum atomic E-state index is 1.30. The molecule has 0 saturated carbocycles. The van der Waals surface area contributed by atoms with Crippen LogP contribution in [0.1, 0.15) is 47.9 Å². The van der Waals surface area contributed by atoms with Gasteiger partial charge in [0.25, 0.3) is 0 Å². The Morgan fingerprint density at radius 1 is 0.417 bits per heavy atom. The van der Waals surface area contributed by atoms with Crippen LogP contribution in [0.3, 0.4) is 0 Å². The third-order valence-corrected chi connectivity index (χ3v) is 4.52. The lowest BCUT2D eigenvalue weighted by molar-refractivity contribution is 0.685. The first-order valence-electron chi connectivity index (χ1n) is 9.07. The predicted molar refractivity (Wildman–Crippen MR) is 109 cm³/mol. The van der Waals surface area contributed by atoms with Crippen LogP contribution in [0.5, 0.6) is 0 Å². The summed E-state index contributed by atoms with van der Waals surface area (Å²) in [6.45, 7) is 12.0. The number of rotatable bonds is 0. The van der Waals surface area contributed by atoms with Crippen LogP contribution in [0.25, 0.3) is 0 Å². The highest BCUT2D eigenvalue weighted by Gasteiger charge is 2.06. The molecule has 0 nitrogen and oxygen atoms in total. The van der Waals surface area contributed by atoms with Crippen molar-refractivity contribution in [2.45, 2.75) is 51.4 Å². The fourth-order valence-corrected chi connectivity index (χ4v) is 3.35. The van der Waals surface area contributed by atoms with Gasteiger partial charge in [0.15, 0.2) is 0 Å². The van der Waals surface area contributed by atoms with Gasteiger partial charge in [-0.1, -0.05) is 48.5 Å². The Morgan fingerprint density at radius 2 is 0.625 bits per heavy atom. The summed E-state index contributed by atoms with van der Waals surface area (Å²) in [5.74, 6) is 0. The zero-order valence-electron chi connectivity index (χ0n) is 15.1. The van der Waals surface area contributed by atoms with Gasteiger partial charge >= 0.3 is 0 Å². The van der Waals surface area contributed by atoms with Crippen LogP contribution >= 0.6 is 0 Å². The second kappa shape index (κ2) is 12.4. The first-order valence-corrected chi connectivity index (χ1v) is 9.07. The van der Waals surface area contributed by atoms with Gasteiger partial charge in [0, 0.05) is 0 Å². The molecule has 0 atom stereocenters. The number of aryl methyl sites for hydroxylation is 4. The molecule has 0 heteroatoms. The number of hydrogen-bond acceptors (Lipinski definition) is 0. The summed E-state index contributed by atoms with van der Waals surface area (Å²) in [5.41, 5.74) is 6.31. The molecule has 24 heavy (non-hydrogen) atoms. The van der Waals surface area contributed by atoms with Gasteiger partial charge < -0.3 is 0 Å². The number of fused-ring (bicyclic) bond motifs is 2. The van der Waals surface area contributed by atoms with Crippen LogP contribution in [0.15, 0.2) is 74.8 Å².